The van der Waals surface area contributed by atoms with E-state index in [1.54, 1.807) is 11.0 Å². The Labute approximate surface area is 122 Å². The van der Waals surface area contributed by atoms with E-state index in [4.69, 9.17) is 0 Å². The van der Waals surface area contributed by atoms with E-state index in [2.05, 4.69) is 6.07 Å². The number of hydrogen-bond donors (Lipinski definition) is 0. The molecule has 2 aromatic carbocycles. The molecule has 0 unspecified atom stereocenters. The average Bonchev–Trinajstić information content (AvgIpc) is 2.87. The van der Waals surface area contributed by atoms with Crippen molar-refractivity contribution in [2.45, 2.75) is 12.3 Å². The van der Waals surface area contributed by atoms with Gasteiger partial charge in [-0.05, 0) is 23.3 Å². The number of halogens is 2. The monoisotopic (exact) mass is 284 g/mol. The van der Waals surface area contributed by atoms with Gasteiger partial charge in [0.1, 0.15) is 6.07 Å². The van der Waals surface area contributed by atoms with Crippen LogP contribution in [0.5, 0.6) is 0 Å². The molecule has 0 aliphatic carbocycles. The summed E-state index contributed by atoms with van der Waals surface area (Å²) in [4.78, 5) is 1.60. The molecule has 3 rings (SSSR count). The van der Waals surface area contributed by atoms with Gasteiger partial charge >= 0.3 is 0 Å². The van der Waals surface area contributed by atoms with Crippen LogP contribution in [-0.2, 0) is 0 Å². The summed E-state index contributed by atoms with van der Waals surface area (Å²) in [5.41, 5.74) is 2.97. The molecule has 1 fully saturated rings. The summed E-state index contributed by atoms with van der Waals surface area (Å²) in [6.07, 6.45) is -0.159. The summed E-state index contributed by atoms with van der Waals surface area (Å²) in [6, 6.07) is 17.2. The predicted octanol–water partition coefficient (Wildman–Crippen LogP) is 4.07. The molecule has 0 bridgehead atoms. The molecule has 0 N–H and O–H groups in total. The van der Waals surface area contributed by atoms with Gasteiger partial charge in [0.15, 0.2) is 0 Å². The van der Waals surface area contributed by atoms with Crippen molar-refractivity contribution in [2.24, 2.45) is 0 Å². The van der Waals surface area contributed by atoms with Crippen molar-refractivity contribution in [1.29, 1.82) is 5.26 Å². The maximum atomic E-state index is 13.4. The Morgan fingerprint density at radius 3 is 2.43 bits per heavy atom. The molecule has 4 heteroatoms. The standard InChI is InChI=1S/C17H14F2N2/c18-17(19)8-9-21(12-17)16-10-14(6-7-15(16)11-20)13-4-2-1-3-5-13/h1-7,10H,8-9,12H2. The normalized spacial score (nSPS) is 16.7. The Morgan fingerprint density at radius 2 is 1.81 bits per heavy atom. The lowest BCUT2D eigenvalue weighted by Gasteiger charge is -2.20. The Morgan fingerprint density at radius 1 is 1.05 bits per heavy atom. The zero-order valence-corrected chi connectivity index (χ0v) is 11.4. The second-order valence-electron chi connectivity index (χ2n) is 5.24. The highest BCUT2D eigenvalue weighted by molar-refractivity contribution is 5.73. The molecule has 106 valence electrons. The number of benzene rings is 2. The summed E-state index contributed by atoms with van der Waals surface area (Å²) >= 11 is 0. The lowest BCUT2D eigenvalue weighted by molar-refractivity contribution is 0.0257. The first-order valence-electron chi connectivity index (χ1n) is 6.81. The van der Waals surface area contributed by atoms with E-state index in [0.29, 0.717) is 11.3 Å². The third kappa shape index (κ3) is 2.73. The van der Waals surface area contributed by atoms with E-state index in [9.17, 15) is 14.0 Å². The average molecular weight is 284 g/mol. The minimum Gasteiger partial charge on any atom is -0.364 e. The van der Waals surface area contributed by atoms with Gasteiger partial charge in [0.05, 0.1) is 17.8 Å². The van der Waals surface area contributed by atoms with Gasteiger partial charge in [-0.2, -0.15) is 5.26 Å². The zero-order valence-electron chi connectivity index (χ0n) is 11.4. The lowest BCUT2D eigenvalue weighted by Crippen LogP contribution is -2.25. The van der Waals surface area contributed by atoms with E-state index >= 15 is 0 Å². The first-order valence-corrected chi connectivity index (χ1v) is 6.81. The van der Waals surface area contributed by atoms with Crippen LogP contribution in [0.25, 0.3) is 11.1 Å². The fourth-order valence-electron chi connectivity index (χ4n) is 2.64. The molecule has 0 atom stereocenters. The fraction of sp³-hybridized carbons (Fsp3) is 0.235. The van der Waals surface area contributed by atoms with Crippen LogP contribution >= 0.6 is 0 Å². The molecule has 1 aliphatic rings. The topological polar surface area (TPSA) is 27.0 Å². The van der Waals surface area contributed by atoms with E-state index in [1.807, 2.05) is 42.5 Å². The molecule has 1 heterocycles. The number of hydrogen-bond acceptors (Lipinski definition) is 2. The molecule has 0 saturated carbocycles. The van der Waals surface area contributed by atoms with E-state index in [-0.39, 0.29) is 19.5 Å². The Balaban J connectivity index is 2.01. The summed E-state index contributed by atoms with van der Waals surface area (Å²) < 4.78 is 26.8. The van der Waals surface area contributed by atoms with Gasteiger partial charge in [-0.15, -0.1) is 0 Å². The largest absolute Gasteiger partial charge is 0.364 e. The Kier molecular flexibility index (Phi) is 3.34. The van der Waals surface area contributed by atoms with Crippen molar-refractivity contribution < 1.29 is 8.78 Å². The minimum atomic E-state index is -2.67. The van der Waals surface area contributed by atoms with Gasteiger partial charge < -0.3 is 4.90 Å². The molecule has 21 heavy (non-hydrogen) atoms. The second-order valence-corrected chi connectivity index (χ2v) is 5.24. The molecule has 2 aromatic rings. The minimum absolute atomic E-state index is 0.159. The molecule has 2 nitrogen and oxygen atoms in total. The van der Waals surface area contributed by atoms with Gasteiger partial charge in [0.2, 0.25) is 0 Å². The fourth-order valence-corrected chi connectivity index (χ4v) is 2.64. The molecule has 0 aromatic heterocycles. The highest BCUT2D eigenvalue weighted by Crippen LogP contribution is 2.34. The molecule has 0 spiro atoms. The van der Waals surface area contributed by atoms with Crippen LogP contribution in [0.2, 0.25) is 0 Å². The van der Waals surface area contributed by atoms with Gasteiger partial charge in [0, 0.05) is 13.0 Å². The number of nitrogens with zero attached hydrogens (tertiary/aromatic N) is 2. The smallest absolute Gasteiger partial charge is 0.266 e. The van der Waals surface area contributed by atoms with Crippen molar-refractivity contribution >= 4 is 5.69 Å². The summed E-state index contributed by atoms with van der Waals surface area (Å²) in [5, 5.41) is 9.21. The van der Waals surface area contributed by atoms with Crippen LogP contribution < -0.4 is 4.90 Å². The molecular formula is C17H14F2N2. The van der Waals surface area contributed by atoms with Crippen LogP contribution in [-0.4, -0.2) is 19.0 Å². The van der Waals surface area contributed by atoms with E-state index in [0.717, 1.165) is 11.1 Å². The highest BCUT2D eigenvalue weighted by Gasteiger charge is 2.38. The molecule has 1 saturated heterocycles. The van der Waals surface area contributed by atoms with Crippen molar-refractivity contribution in [3.05, 3.63) is 54.1 Å². The summed E-state index contributed by atoms with van der Waals surface area (Å²) in [6.45, 7) is -0.0418. The third-order valence-electron chi connectivity index (χ3n) is 3.74. The summed E-state index contributed by atoms with van der Waals surface area (Å²) in [7, 11) is 0. The van der Waals surface area contributed by atoms with Crippen LogP contribution in [0.3, 0.4) is 0 Å². The van der Waals surface area contributed by atoms with Gasteiger partial charge in [0.25, 0.3) is 5.92 Å². The number of nitriles is 1. The van der Waals surface area contributed by atoms with Crippen molar-refractivity contribution in [1.82, 2.24) is 0 Å². The van der Waals surface area contributed by atoms with Crippen LogP contribution in [0.1, 0.15) is 12.0 Å². The predicted molar refractivity (Wildman–Crippen MR) is 78.4 cm³/mol. The van der Waals surface area contributed by atoms with Gasteiger partial charge in [-0.3, -0.25) is 0 Å². The van der Waals surface area contributed by atoms with Gasteiger partial charge in [-0.25, -0.2) is 8.78 Å². The number of rotatable bonds is 2. The van der Waals surface area contributed by atoms with E-state index in [1.165, 1.54) is 0 Å². The SMILES string of the molecule is N#Cc1ccc(-c2ccccc2)cc1N1CCC(F)(F)C1. The zero-order chi connectivity index (χ0) is 14.9. The Bertz CT molecular complexity index is 690. The van der Waals surface area contributed by atoms with E-state index < -0.39 is 5.92 Å². The van der Waals surface area contributed by atoms with Crippen LogP contribution in [0.15, 0.2) is 48.5 Å². The molecule has 1 aliphatic heterocycles. The summed E-state index contributed by atoms with van der Waals surface area (Å²) in [5.74, 6) is -2.67. The second kappa shape index (κ2) is 5.17. The first-order chi connectivity index (χ1) is 10.1. The number of anilines is 1. The van der Waals surface area contributed by atoms with Crippen LogP contribution in [0.4, 0.5) is 14.5 Å². The lowest BCUT2D eigenvalue weighted by atomic mass is 10.0. The third-order valence-corrected chi connectivity index (χ3v) is 3.74. The Hall–Kier alpha value is -2.41. The van der Waals surface area contributed by atoms with Crippen LogP contribution in [0, 0.1) is 11.3 Å². The first kappa shape index (κ1) is 13.6. The molecule has 0 radical (unpaired) electrons. The van der Waals surface area contributed by atoms with Crippen molar-refractivity contribution in [2.75, 3.05) is 18.0 Å². The van der Waals surface area contributed by atoms with Crippen molar-refractivity contribution in [3.8, 4) is 17.2 Å². The number of alkyl halides is 2. The molecule has 0 amide bonds. The van der Waals surface area contributed by atoms with Crippen molar-refractivity contribution in [3.63, 3.8) is 0 Å². The maximum Gasteiger partial charge on any atom is 0.266 e. The highest BCUT2D eigenvalue weighted by atomic mass is 19.3. The van der Waals surface area contributed by atoms with Gasteiger partial charge in [-0.1, -0.05) is 36.4 Å². The quantitative estimate of drug-likeness (QED) is 0.831. The maximum absolute atomic E-state index is 13.4. The molecular weight excluding hydrogens is 270 g/mol.